The quantitative estimate of drug-likeness (QED) is 0.222. The molecule has 34 heavy (non-hydrogen) atoms. The summed E-state index contributed by atoms with van der Waals surface area (Å²) in [6.45, 7) is 9.95. The molecule has 0 fully saturated rings. The second-order valence-electron chi connectivity index (χ2n) is 8.03. The van der Waals surface area contributed by atoms with Crippen LogP contribution in [0, 0.1) is 20.2 Å². The average molecular weight is 487 g/mol. The highest BCUT2D eigenvalue weighted by Gasteiger charge is 2.15. The van der Waals surface area contributed by atoms with E-state index in [0.717, 1.165) is 0 Å². The molecule has 10 nitrogen and oxygen atoms in total. The maximum atomic E-state index is 11.5. The molecule has 2 aromatic rings. The summed E-state index contributed by atoms with van der Waals surface area (Å²) in [5.74, 6) is -1.19. The summed E-state index contributed by atoms with van der Waals surface area (Å²) >= 11 is 0. The molecule has 0 aliphatic carbocycles. The molecule has 2 aromatic carbocycles. The standard InChI is InChI=1S/C13H17NO4Si.C10H9NO4/c1-18-13(15)11-7-10(5-6-19(2,3)4)8-12(9-11)14(16)17;1-3-7-4-8(10(12)15-2)6-9(5-7)11(13)14/h5-9H,1-4H3;3-6H,1H2,2H3/b6-5+;. The largest absolute Gasteiger partial charge is 0.465 e. The lowest BCUT2D eigenvalue weighted by Gasteiger charge is -2.08. The fraction of sp³-hybridized carbons (Fsp3) is 0.217. The molecular formula is C23H26N2O8Si. The van der Waals surface area contributed by atoms with Crippen LogP contribution in [-0.4, -0.2) is 44.1 Å². The molecule has 0 amide bonds. The van der Waals surface area contributed by atoms with Gasteiger partial charge in [-0.2, -0.15) is 0 Å². The Morgan fingerprint density at radius 3 is 1.59 bits per heavy atom. The van der Waals surface area contributed by atoms with Gasteiger partial charge >= 0.3 is 11.9 Å². The Hall–Kier alpha value is -4.12. The lowest BCUT2D eigenvalue weighted by atomic mass is 10.1. The molecule has 0 N–H and O–H groups in total. The molecule has 0 aliphatic heterocycles. The number of nitrogens with zero attached hydrogens (tertiary/aromatic N) is 2. The van der Waals surface area contributed by atoms with Gasteiger partial charge in [-0.25, -0.2) is 9.59 Å². The summed E-state index contributed by atoms with van der Waals surface area (Å²) < 4.78 is 9.07. The zero-order valence-corrected chi connectivity index (χ0v) is 20.6. The third-order valence-electron chi connectivity index (χ3n) is 4.16. The molecular weight excluding hydrogens is 460 g/mol. The summed E-state index contributed by atoms with van der Waals surface area (Å²) in [5, 5.41) is 21.4. The Morgan fingerprint density at radius 2 is 1.24 bits per heavy atom. The Kier molecular flexibility index (Phi) is 10.0. The highest BCUT2D eigenvalue weighted by Crippen LogP contribution is 2.20. The fourth-order valence-corrected chi connectivity index (χ4v) is 3.20. The van der Waals surface area contributed by atoms with Crippen LogP contribution in [0.1, 0.15) is 31.8 Å². The van der Waals surface area contributed by atoms with Crippen LogP contribution in [0.4, 0.5) is 11.4 Å². The third-order valence-corrected chi connectivity index (χ3v) is 5.32. The highest BCUT2D eigenvalue weighted by atomic mass is 28.3. The van der Waals surface area contributed by atoms with E-state index in [1.165, 1.54) is 50.6 Å². The Morgan fingerprint density at radius 1 is 0.824 bits per heavy atom. The minimum atomic E-state index is -1.40. The molecule has 0 saturated carbocycles. The topological polar surface area (TPSA) is 139 Å². The number of nitro benzene ring substituents is 2. The number of nitro groups is 2. The van der Waals surface area contributed by atoms with Crippen molar-refractivity contribution < 1.29 is 28.9 Å². The number of ether oxygens (including phenoxy) is 2. The Bertz CT molecular complexity index is 1140. The number of carbonyl (C=O) groups excluding carboxylic acids is 2. The van der Waals surface area contributed by atoms with E-state index in [2.05, 4.69) is 41.4 Å². The van der Waals surface area contributed by atoms with Gasteiger partial charge in [0.25, 0.3) is 11.4 Å². The minimum Gasteiger partial charge on any atom is -0.465 e. The minimum absolute atomic E-state index is 0.113. The van der Waals surface area contributed by atoms with Crippen LogP contribution in [0.15, 0.2) is 48.7 Å². The van der Waals surface area contributed by atoms with E-state index in [9.17, 15) is 29.8 Å². The van der Waals surface area contributed by atoms with Crippen LogP contribution in [0.5, 0.6) is 0 Å². The van der Waals surface area contributed by atoms with Gasteiger partial charge in [0.1, 0.15) is 0 Å². The molecule has 0 heterocycles. The van der Waals surface area contributed by atoms with E-state index >= 15 is 0 Å². The van der Waals surface area contributed by atoms with Crippen molar-refractivity contribution in [2.45, 2.75) is 19.6 Å². The van der Waals surface area contributed by atoms with E-state index in [4.69, 9.17) is 0 Å². The van der Waals surface area contributed by atoms with Crippen LogP contribution in [0.3, 0.4) is 0 Å². The second kappa shape index (κ2) is 12.2. The van der Waals surface area contributed by atoms with Gasteiger partial charge < -0.3 is 9.47 Å². The highest BCUT2D eigenvalue weighted by molar-refractivity contribution is 6.81. The van der Waals surface area contributed by atoms with E-state index < -0.39 is 29.9 Å². The molecule has 0 unspecified atom stereocenters. The average Bonchev–Trinajstić information content (AvgIpc) is 2.80. The number of esters is 2. The maximum Gasteiger partial charge on any atom is 0.338 e. The van der Waals surface area contributed by atoms with Gasteiger partial charge in [0.05, 0.1) is 43.3 Å². The summed E-state index contributed by atoms with van der Waals surface area (Å²) in [6, 6.07) is 8.24. The molecule has 0 radical (unpaired) electrons. The van der Waals surface area contributed by atoms with Crippen LogP contribution in [0.2, 0.25) is 19.6 Å². The van der Waals surface area contributed by atoms with Gasteiger partial charge in [-0.15, -0.1) is 0 Å². The Labute approximate surface area is 197 Å². The zero-order chi connectivity index (χ0) is 26.1. The molecule has 2 rings (SSSR count). The maximum absolute atomic E-state index is 11.5. The van der Waals surface area contributed by atoms with Gasteiger partial charge in [-0.1, -0.05) is 44.1 Å². The van der Waals surface area contributed by atoms with Crippen molar-refractivity contribution in [1.82, 2.24) is 0 Å². The van der Waals surface area contributed by atoms with Crippen molar-refractivity contribution in [2.24, 2.45) is 0 Å². The number of hydrogen-bond acceptors (Lipinski definition) is 8. The first-order chi connectivity index (χ1) is 15.8. The van der Waals surface area contributed by atoms with Gasteiger partial charge in [0.15, 0.2) is 0 Å². The number of carbonyl (C=O) groups is 2. The number of non-ortho nitro benzene ring substituents is 2. The molecule has 0 bridgehead atoms. The van der Waals surface area contributed by atoms with Gasteiger partial charge in [0.2, 0.25) is 0 Å². The number of benzene rings is 2. The Balaban J connectivity index is 0.000000350. The number of methoxy groups -OCH3 is 2. The first-order valence-corrected chi connectivity index (χ1v) is 13.5. The first-order valence-electron chi connectivity index (χ1n) is 9.88. The summed E-state index contributed by atoms with van der Waals surface area (Å²) in [4.78, 5) is 43.0. The predicted molar refractivity (Wildman–Crippen MR) is 131 cm³/mol. The van der Waals surface area contributed by atoms with Crippen molar-refractivity contribution >= 4 is 43.5 Å². The van der Waals surface area contributed by atoms with Crippen LogP contribution < -0.4 is 0 Å². The third kappa shape index (κ3) is 8.79. The molecule has 180 valence electrons. The summed E-state index contributed by atoms with van der Waals surface area (Å²) in [7, 11) is 1.06. The lowest BCUT2D eigenvalue weighted by Crippen LogP contribution is -2.15. The van der Waals surface area contributed by atoms with Crippen molar-refractivity contribution in [1.29, 1.82) is 0 Å². The van der Waals surface area contributed by atoms with E-state index in [1.54, 1.807) is 6.07 Å². The fourth-order valence-electron chi connectivity index (χ4n) is 2.51. The number of hydrogen-bond donors (Lipinski definition) is 0. The predicted octanol–water partition coefficient (Wildman–Crippen LogP) is 5.30. The zero-order valence-electron chi connectivity index (χ0n) is 19.6. The van der Waals surface area contributed by atoms with Crippen LogP contribution >= 0.6 is 0 Å². The smallest absolute Gasteiger partial charge is 0.338 e. The second-order valence-corrected chi connectivity index (χ2v) is 13.1. The van der Waals surface area contributed by atoms with Gasteiger partial charge in [0, 0.05) is 24.3 Å². The molecule has 0 aliphatic rings. The van der Waals surface area contributed by atoms with Crippen molar-refractivity contribution in [3.63, 3.8) is 0 Å². The van der Waals surface area contributed by atoms with Crippen LogP contribution in [0.25, 0.3) is 12.2 Å². The molecule has 0 spiro atoms. The molecule has 0 aromatic heterocycles. The van der Waals surface area contributed by atoms with Gasteiger partial charge in [-0.3, -0.25) is 20.2 Å². The van der Waals surface area contributed by atoms with E-state index in [-0.39, 0.29) is 22.5 Å². The summed E-state index contributed by atoms with van der Waals surface area (Å²) in [6.07, 6.45) is 3.26. The lowest BCUT2D eigenvalue weighted by molar-refractivity contribution is -0.385. The van der Waals surface area contributed by atoms with Gasteiger partial charge in [-0.05, 0) is 23.3 Å². The SMILES string of the molecule is C=Cc1cc(C(=O)OC)cc([N+](=O)[O-])c1.COC(=O)c1cc(/C=C/[Si](C)(C)C)cc([N+](=O)[O-])c1. The normalized spacial score (nSPS) is 10.6. The van der Waals surface area contributed by atoms with Crippen molar-refractivity contribution in [3.8, 4) is 0 Å². The van der Waals surface area contributed by atoms with Crippen molar-refractivity contribution in [2.75, 3.05) is 14.2 Å². The first kappa shape index (κ1) is 27.9. The van der Waals surface area contributed by atoms with Crippen LogP contribution in [-0.2, 0) is 9.47 Å². The van der Waals surface area contributed by atoms with E-state index in [0.29, 0.717) is 11.1 Å². The monoisotopic (exact) mass is 486 g/mol. The summed E-state index contributed by atoms with van der Waals surface area (Å²) in [5.41, 5.74) is 3.26. The number of rotatable bonds is 7. The van der Waals surface area contributed by atoms with Crippen molar-refractivity contribution in [3.05, 3.63) is 91.2 Å². The molecule has 0 atom stereocenters. The molecule has 11 heteroatoms. The molecule has 0 saturated heterocycles. The van der Waals surface area contributed by atoms with E-state index in [1.807, 2.05) is 6.08 Å².